The zero-order valence-corrected chi connectivity index (χ0v) is 10.9. The fourth-order valence-corrected chi connectivity index (χ4v) is 2.54. The average Bonchev–Trinajstić information content (AvgIpc) is 2.12. The number of alkyl halides is 1. The lowest BCUT2D eigenvalue weighted by Crippen LogP contribution is -2.46. The summed E-state index contributed by atoms with van der Waals surface area (Å²) in [7, 11) is 0. The van der Waals surface area contributed by atoms with Crippen molar-refractivity contribution in [3.05, 3.63) is 0 Å². The number of carbonyl (C=O) groups is 1. The minimum Gasteiger partial charge on any atom is -0.432 e. The van der Waals surface area contributed by atoms with Crippen LogP contribution in [0.5, 0.6) is 0 Å². The number of hydrogen-bond acceptors (Lipinski definition) is 4. The number of halogens is 1. The molecule has 1 heterocycles. The first kappa shape index (κ1) is 13.1. The predicted octanol–water partition coefficient (Wildman–Crippen LogP) is 2.42. The second-order valence-corrected chi connectivity index (χ2v) is 5.63. The molecule has 15 heavy (non-hydrogen) atoms. The van der Waals surface area contributed by atoms with Gasteiger partial charge in [-0.2, -0.15) is 0 Å². The van der Waals surface area contributed by atoms with Gasteiger partial charge in [-0.05, 0) is 6.92 Å². The number of hydrogen-bond donors (Lipinski definition) is 0. The minimum absolute atomic E-state index is 0.0950. The standard InChI is InChI=1S/C10H17ClO3S/c1-7-8(2)15-6-10(3,13-7)14-9(12)4-5-11/h7-8H,4-6H2,1-3H3. The molecule has 0 aromatic rings. The molecule has 0 saturated carbocycles. The largest absolute Gasteiger partial charge is 0.432 e. The molecule has 0 aliphatic carbocycles. The molecule has 1 saturated heterocycles. The van der Waals surface area contributed by atoms with Gasteiger partial charge in [0, 0.05) is 18.1 Å². The lowest BCUT2D eigenvalue weighted by molar-refractivity contribution is -0.230. The van der Waals surface area contributed by atoms with E-state index in [1.165, 1.54) is 0 Å². The van der Waals surface area contributed by atoms with E-state index in [0.717, 1.165) is 0 Å². The molecule has 1 aliphatic heterocycles. The summed E-state index contributed by atoms with van der Waals surface area (Å²) in [5, 5.41) is 0.435. The Morgan fingerprint density at radius 2 is 2.33 bits per heavy atom. The average molecular weight is 253 g/mol. The van der Waals surface area contributed by atoms with Crippen molar-refractivity contribution in [2.45, 2.75) is 44.3 Å². The van der Waals surface area contributed by atoms with Gasteiger partial charge < -0.3 is 9.47 Å². The van der Waals surface area contributed by atoms with Crippen molar-refractivity contribution in [2.75, 3.05) is 11.6 Å². The molecule has 0 aromatic carbocycles. The van der Waals surface area contributed by atoms with E-state index in [9.17, 15) is 4.79 Å². The Morgan fingerprint density at radius 3 is 2.87 bits per heavy atom. The van der Waals surface area contributed by atoms with E-state index in [2.05, 4.69) is 6.92 Å². The summed E-state index contributed by atoms with van der Waals surface area (Å²) in [6, 6.07) is 0. The topological polar surface area (TPSA) is 35.5 Å². The Bertz CT molecular complexity index is 237. The highest BCUT2D eigenvalue weighted by atomic mass is 35.5. The predicted molar refractivity (Wildman–Crippen MR) is 62.3 cm³/mol. The first-order valence-electron chi connectivity index (χ1n) is 5.04. The molecule has 5 heteroatoms. The van der Waals surface area contributed by atoms with Gasteiger partial charge in [-0.3, -0.25) is 4.79 Å². The molecule has 0 N–H and O–H groups in total. The van der Waals surface area contributed by atoms with E-state index >= 15 is 0 Å². The Balaban J connectivity index is 2.49. The number of thioether (sulfide) groups is 1. The molecule has 0 radical (unpaired) electrons. The summed E-state index contributed by atoms with van der Waals surface area (Å²) in [5.41, 5.74) is 0. The van der Waals surface area contributed by atoms with Crippen molar-refractivity contribution in [3.8, 4) is 0 Å². The van der Waals surface area contributed by atoms with Crippen molar-refractivity contribution in [1.29, 1.82) is 0 Å². The van der Waals surface area contributed by atoms with Crippen LogP contribution in [-0.4, -0.2) is 34.7 Å². The third-order valence-electron chi connectivity index (χ3n) is 2.33. The van der Waals surface area contributed by atoms with Crippen LogP contribution in [0.2, 0.25) is 0 Å². The Hall–Kier alpha value is 0.0700. The molecule has 3 nitrogen and oxygen atoms in total. The molecule has 0 amide bonds. The summed E-state index contributed by atoms with van der Waals surface area (Å²) >= 11 is 7.22. The van der Waals surface area contributed by atoms with Gasteiger partial charge in [0.2, 0.25) is 5.79 Å². The van der Waals surface area contributed by atoms with Gasteiger partial charge in [-0.15, -0.1) is 23.4 Å². The van der Waals surface area contributed by atoms with Crippen LogP contribution in [0.1, 0.15) is 27.2 Å². The second-order valence-electron chi connectivity index (χ2n) is 3.89. The van der Waals surface area contributed by atoms with E-state index in [0.29, 0.717) is 11.0 Å². The first-order valence-corrected chi connectivity index (χ1v) is 6.62. The lowest BCUT2D eigenvalue weighted by atomic mass is 10.2. The molecule has 1 rings (SSSR count). The van der Waals surface area contributed by atoms with Gasteiger partial charge in [0.05, 0.1) is 18.3 Å². The second kappa shape index (κ2) is 5.41. The van der Waals surface area contributed by atoms with Gasteiger partial charge in [-0.25, -0.2) is 0 Å². The van der Waals surface area contributed by atoms with Crippen LogP contribution in [0.15, 0.2) is 0 Å². The van der Waals surface area contributed by atoms with Gasteiger partial charge in [0.25, 0.3) is 0 Å². The normalized spacial score (nSPS) is 36.3. The minimum atomic E-state index is -0.792. The third-order valence-corrected chi connectivity index (χ3v) is 4.12. The highest BCUT2D eigenvalue weighted by Crippen LogP contribution is 2.33. The molecule has 0 bridgehead atoms. The summed E-state index contributed by atoms with van der Waals surface area (Å²) in [6.07, 6.45) is 0.326. The van der Waals surface area contributed by atoms with Gasteiger partial charge in [0.15, 0.2) is 0 Å². The Kier molecular flexibility index (Phi) is 4.74. The van der Waals surface area contributed by atoms with Crippen molar-refractivity contribution >= 4 is 29.3 Å². The fourth-order valence-electron chi connectivity index (χ4n) is 1.36. The van der Waals surface area contributed by atoms with Crippen molar-refractivity contribution in [3.63, 3.8) is 0 Å². The number of carbonyl (C=O) groups excluding carboxylic acids is 1. The molecule has 0 spiro atoms. The van der Waals surface area contributed by atoms with E-state index in [-0.39, 0.29) is 24.4 Å². The third kappa shape index (κ3) is 3.85. The van der Waals surface area contributed by atoms with Crippen LogP contribution in [0.4, 0.5) is 0 Å². The molecule has 88 valence electrons. The highest BCUT2D eigenvalue weighted by Gasteiger charge is 2.38. The van der Waals surface area contributed by atoms with Gasteiger partial charge >= 0.3 is 5.97 Å². The van der Waals surface area contributed by atoms with Gasteiger partial charge in [0.1, 0.15) is 0 Å². The Labute approximate surface area is 99.8 Å². The van der Waals surface area contributed by atoms with Crippen LogP contribution >= 0.6 is 23.4 Å². The van der Waals surface area contributed by atoms with Gasteiger partial charge in [-0.1, -0.05) is 6.92 Å². The van der Waals surface area contributed by atoms with Crippen LogP contribution in [0.25, 0.3) is 0 Å². The van der Waals surface area contributed by atoms with Crippen LogP contribution < -0.4 is 0 Å². The fraction of sp³-hybridized carbons (Fsp3) is 0.900. The van der Waals surface area contributed by atoms with E-state index in [4.69, 9.17) is 21.1 Å². The highest BCUT2D eigenvalue weighted by molar-refractivity contribution is 8.00. The number of rotatable bonds is 3. The summed E-state index contributed by atoms with van der Waals surface area (Å²) in [6.45, 7) is 5.90. The number of esters is 1. The lowest BCUT2D eigenvalue weighted by Gasteiger charge is -2.39. The van der Waals surface area contributed by atoms with Crippen molar-refractivity contribution in [1.82, 2.24) is 0 Å². The molecule has 3 unspecified atom stereocenters. The Morgan fingerprint density at radius 1 is 1.67 bits per heavy atom. The first-order chi connectivity index (χ1) is 6.97. The zero-order valence-electron chi connectivity index (χ0n) is 9.29. The molecule has 1 fully saturated rings. The van der Waals surface area contributed by atoms with Crippen LogP contribution in [0.3, 0.4) is 0 Å². The summed E-state index contributed by atoms with van der Waals surface area (Å²) in [5.74, 6) is -0.129. The zero-order chi connectivity index (χ0) is 11.5. The maximum Gasteiger partial charge on any atom is 0.309 e. The molecular weight excluding hydrogens is 236 g/mol. The van der Waals surface area contributed by atoms with E-state index in [1.807, 2.05) is 6.92 Å². The molecule has 3 atom stereocenters. The van der Waals surface area contributed by atoms with Crippen LogP contribution in [-0.2, 0) is 14.3 Å². The molecule has 0 aromatic heterocycles. The summed E-state index contributed by atoms with van der Waals surface area (Å²) in [4.78, 5) is 11.3. The maximum atomic E-state index is 11.3. The molecule has 1 aliphatic rings. The maximum absolute atomic E-state index is 11.3. The van der Waals surface area contributed by atoms with E-state index in [1.54, 1.807) is 18.7 Å². The van der Waals surface area contributed by atoms with Crippen molar-refractivity contribution in [2.24, 2.45) is 0 Å². The van der Waals surface area contributed by atoms with Crippen LogP contribution in [0, 0.1) is 0 Å². The number of ether oxygens (including phenoxy) is 2. The molecular formula is C10H17ClO3S. The summed E-state index contributed by atoms with van der Waals surface area (Å²) < 4.78 is 11.0. The van der Waals surface area contributed by atoms with Crippen molar-refractivity contribution < 1.29 is 14.3 Å². The van der Waals surface area contributed by atoms with E-state index < -0.39 is 5.79 Å². The smallest absolute Gasteiger partial charge is 0.309 e. The monoisotopic (exact) mass is 252 g/mol. The SMILES string of the molecule is CC1OC(C)(OC(=O)CCCl)CSC1C. The quantitative estimate of drug-likeness (QED) is 0.571.